The summed E-state index contributed by atoms with van der Waals surface area (Å²) < 4.78 is 0. The molecule has 2 rings (SSSR count). The van der Waals surface area contributed by atoms with E-state index in [4.69, 9.17) is 5.26 Å². The Balaban J connectivity index is 1.84. The van der Waals surface area contributed by atoms with Gasteiger partial charge in [-0.25, -0.2) is 0 Å². The summed E-state index contributed by atoms with van der Waals surface area (Å²) in [7, 11) is 0. The molecule has 1 heterocycles. The lowest BCUT2D eigenvalue weighted by Crippen LogP contribution is -1.96. The standard InChI is InChI=1S/C14H16N2/c15-11-10-14-9-8-13(16-14)7-6-12-4-2-1-3-5-12/h1-5,14H,6-10H2. The molecule has 0 radical (unpaired) electrons. The van der Waals surface area contributed by atoms with Gasteiger partial charge in [-0.05, 0) is 31.2 Å². The molecule has 0 fully saturated rings. The molecule has 2 heteroatoms. The van der Waals surface area contributed by atoms with E-state index < -0.39 is 0 Å². The van der Waals surface area contributed by atoms with E-state index in [1.165, 1.54) is 11.3 Å². The first kappa shape index (κ1) is 10.9. The molecule has 0 bridgehead atoms. The monoisotopic (exact) mass is 212 g/mol. The van der Waals surface area contributed by atoms with Crippen molar-refractivity contribution in [1.29, 1.82) is 5.26 Å². The number of hydrogen-bond donors (Lipinski definition) is 0. The number of hydrogen-bond acceptors (Lipinski definition) is 2. The maximum atomic E-state index is 8.60. The summed E-state index contributed by atoms with van der Waals surface area (Å²) in [5.41, 5.74) is 2.66. The van der Waals surface area contributed by atoms with Gasteiger partial charge in [-0.15, -0.1) is 0 Å². The van der Waals surface area contributed by atoms with Gasteiger partial charge in [0.1, 0.15) is 0 Å². The summed E-state index contributed by atoms with van der Waals surface area (Å²) in [6.07, 6.45) is 4.84. The fourth-order valence-corrected chi connectivity index (χ4v) is 2.10. The molecule has 0 amide bonds. The van der Waals surface area contributed by atoms with Crippen LogP contribution >= 0.6 is 0 Å². The minimum absolute atomic E-state index is 0.274. The quantitative estimate of drug-likeness (QED) is 0.755. The lowest BCUT2D eigenvalue weighted by Gasteiger charge is -2.00. The predicted octanol–water partition coefficient (Wildman–Crippen LogP) is 3.14. The van der Waals surface area contributed by atoms with Crippen molar-refractivity contribution in [3.8, 4) is 6.07 Å². The summed E-state index contributed by atoms with van der Waals surface area (Å²) in [6.45, 7) is 0. The van der Waals surface area contributed by atoms with Crippen LogP contribution in [0, 0.1) is 11.3 Å². The number of aliphatic imine (C=N–C) groups is 1. The van der Waals surface area contributed by atoms with Crippen LogP contribution in [0.2, 0.25) is 0 Å². The van der Waals surface area contributed by atoms with Gasteiger partial charge in [0, 0.05) is 5.71 Å². The van der Waals surface area contributed by atoms with Gasteiger partial charge < -0.3 is 0 Å². The second kappa shape index (κ2) is 5.46. The molecule has 0 aromatic heterocycles. The van der Waals surface area contributed by atoms with Crippen LogP contribution < -0.4 is 0 Å². The van der Waals surface area contributed by atoms with Crippen LogP contribution in [0.25, 0.3) is 0 Å². The molecule has 82 valence electrons. The highest BCUT2D eigenvalue weighted by atomic mass is 14.8. The second-order valence-electron chi connectivity index (χ2n) is 4.24. The van der Waals surface area contributed by atoms with Crippen molar-refractivity contribution >= 4 is 5.71 Å². The average Bonchev–Trinajstić information content (AvgIpc) is 2.76. The summed E-state index contributed by atoms with van der Waals surface area (Å²) in [5, 5.41) is 8.60. The first-order chi connectivity index (χ1) is 7.88. The van der Waals surface area contributed by atoms with Gasteiger partial charge >= 0.3 is 0 Å². The van der Waals surface area contributed by atoms with Crippen LogP contribution in [0.1, 0.15) is 31.2 Å². The Morgan fingerprint density at radius 1 is 1.25 bits per heavy atom. The van der Waals surface area contributed by atoms with Gasteiger partial charge in [0.05, 0.1) is 18.5 Å². The Kier molecular flexibility index (Phi) is 3.71. The molecule has 0 N–H and O–H groups in total. The highest BCUT2D eigenvalue weighted by Crippen LogP contribution is 2.18. The zero-order chi connectivity index (χ0) is 11.2. The zero-order valence-corrected chi connectivity index (χ0v) is 9.39. The van der Waals surface area contributed by atoms with Gasteiger partial charge in [-0.2, -0.15) is 5.26 Å². The fourth-order valence-electron chi connectivity index (χ4n) is 2.10. The molecule has 2 nitrogen and oxygen atoms in total. The van der Waals surface area contributed by atoms with Gasteiger partial charge in [0.25, 0.3) is 0 Å². The van der Waals surface area contributed by atoms with Crippen LogP contribution in [0.15, 0.2) is 35.3 Å². The smallest absolute Gasteiger partial charge is 0.0644 e. The van der Waals surface area contributed by atoms with Crippen molar-refractivity contribution in [2.75, 3.05) is 0 Å². The first-order valence-corrected chi connectivity index (χ1v) is 5.85. The van der Waals surface area contributed by atoms with Gasteiger partial charge in [-0.3, -0.25) is 4.99 Å². The van der Waals surface area contributed by atoms with Crippen molar-refractivity contribution < 1.29 is 0 Å². The van der Waals surface area contributed by atoms with E-state index in [-0.39, 0.29) is 6.04 Å². The van der Waals surface area contributed by atoms with Crippen molar-refractivity contribution in [2.45, 2.75) is 38.1 Å². The molecular weight excluding hydrogens is 196 g/mol. The number of aryl methyl sites for hydroxylation is 1. The molecule has 1 aliphatic heterocycles. The molecule has 1 aliphatic rings. The van der Waals surface area contributed by atoms with E-state index in [0.717, 1.165) is 25.7 Å². The van der Waals surface area contributed by atoms with E-state index in [1.54, 1.807) is 0 Å². The highest BCUT2D eigenvalue weighted by molar-refractivity contribution is 5.86. The fraction of sp³-hybridized carbons (Fsp3) is 0.429. The van der Waals surface area contributed by atoms with E-state index in [1.807, 2.05) is 6.07 Å². The molecule has 1 aromatic carbocycles. The van der Waals surface area contributed by atoms with Crippen molar-refractivity contribution in [3.05, 3.63) is 35.9 Å². The molecule has 16 heavy (non-hydrogen) atoms. The lowest BCUT2D eigenvalue weighted by atomic mass is 10.1. The van der Waals surface area contributed by atoms with E-state index in [0.29, 0.717) is 6.42 Å². The minimum atomic E-state index is 0.274. The summed E-state index contributed by atoms with van der Waals surface area (Å²) >= 11 is 0. The minimum Gasteiger partial charge on any atom is -0.290 e. The molecular formula is C14H16N2. The van der Waals surface area contributed by atoms with Gasteiger partial charge in [0.15, 0.2) is 0 Å². The number of nitriles is 1. The lowest BCUT2D eigenvalue weighted by molar-refractivity contribution is 0.687. The van der Waals surface area contributed by atoms with E-state index in [9.17, 15) is 0 Å². The Labute approximate surface area is 96.6 Å². The van der Waals surface area contributed by atoms with Gasteiger partial charge in [-0.1, -0.05) is 30.3 Å². The SMILES string of the molecule is N#CCC1CCC(CCc2ccccc2)=N1. The third-order valence-electron chi connectivity index (χ3n) is 3.00. The molecule has 1 aromatic rings. The Hall–Kier alpha value is -1.62. The second-order valence-corrected chi connectivity index (χ2v) is 4.24. The largest absolute Gasteiger partial charge is 0.290 e. The zero-order valence-electron chi connectivity index (χ0n) is 9.39. The Morgan fingerprint density at radius 3 is 2.81 bits per heavy atom. The maximum Gasteiger partial charge on any atom is 0.0644 e. The Bertz CT molecular complexity index is 400. The molecule has 0 saturated heterocycles. The first-order valence-electron chi connectivity index (χ1n) is 5.85. The van der Waals surface area contributed by atoms with Crippen LogP contribution in [0.5, 0.6) is 0 Å². The van der Waals surface area contributed by atoms with Crippen molar-refractivity contribution in [2.24, 2.45) is 4.99 Å². The summed E-state index contributed by atoms with van der Waals surface area (Å²) in [6, 6.07) is 13.0. The number of nitrogens with zero attached hydrogens (tertiary/aromatic N) is 2. The number of rotatable bonds is 4. The third-order valence-corrected chi connectivity index (χ3v) is 3.00. The average molecular weight is 212 g/mol. The molecule has 1 atom stereocenters. The maximum absolute atomic E-state index is 8.60. The van der Waals surface area contributed by atoms with Crippen LogP contribution in [0.3, 0.4) is 0 Å². The van der Waals surface area contributed by atoms with Crippen LogP contribution in [-0.2, 0) is 6.42 Å². The molecule has 0 aliphatic carbocycles. The van der Waals surface area contributed by atoms with Gasteiger partial charge in [0.2, 0.25) is 0 Å². The molecule has 0 saturated carbocycles. The van der Waals surface area contributed by atoms with E-state index in [2.05, 4.69) is 35.3 Å². The molecule has 0 spiro atoms. The summed E-state index contributed by atoms with van der Waals surface area (Å²) in [4.78, 5) is 4.59. The summed E-state index contributed by atoms with van der Waals surface area (Å²) in [5.74, 6) is 0. The van der Waals surface area contributed by atoms with Crippen molar-refractivity contribution in [3.63, 3.8) is 0 Å². The topological polar surface area (TPSA) is 36.1 Å². The van der Waals surface area contributed by atoms with Crippen LogP contribution in [-0.4, -0.2) is 11.8 Å². The predicted molar refractivity (Wildman–Crippen MR) is 65.5 cm³/mol. The highest BCUT2D eigenvalue weighted by Gasteiger charge is 2.16. The Morgan fingerprint density at radius 2 is 2.06 bits per heavy atom. The van der Waals surface area contributed by atoms with Crippen molar-refractivity contribution in [1.82, 2.24) is 0 Å². The molecule has 1 unspecified atom stereocenters. The van der Waals surface area contributed by atoms with Crippen LogP contribution in [0.4, 0.5) is 0 Å². The van der Waals surface area contributed by atoms with E-state index >= 15 is 0 Å². The number of benzene rings is 1. The third kappa shape index (κ3) is 2.93. The normalized spacial score (nSPS) is 19.2.